The summed E-state index contributed by atoms with van der Waals surface area (Å²) in [5.41, 5.74) is 7.72. The van der Waals surface area contributed by atoms with Crippen molar-refractivity contribution in [2.24, 2.45) is 0 Å². The summed E-state index contributed by atoms with van der Waals surface area (Å²) in [7, 11) is 0. The number of rotatable bonds is 4. The van der Waals surface area contributed by atoms with Crippen molar-refractivity contribution in [3.8, 4) is 5.88 Å². The van der Waals surface area contributed by atoms with E-state index in [0.29, 0.717) is 18.3 Å². The van der Waals surface area contributed by atoms with Crippen LogP contribution in [0.15, 0.2) is 35.1 Å². The van der Waals surface area contributed by atoms with Crippen LogP contribution in [0.25, 0.3) is 0 Å². The van der Waals surface area contributed by atoms with Crippen LogP contribution < -0.4 is 10.5 Å². The maximum absolute atomic E-state index is 5.78. The highest BCUT2D eigenvalue weighted by Gasteiger charge is 2.08. The first-order valence-corrected chi connectivity index (χ1v) is 6.46. The lowest BCUT2D eigenvalue weighted by Crippen LogP contribution is -2.04. The molecule has 0 unspecified atom stereocenters. The maximum Gasteiger partial charge on any atom is 0.222 e. The van der Waals surface area contributed by atoms with Gasteiger partial charge in [-0.1, -0.05) is 35.0 Å². The molecular weight excluding hydrogens is 294 g/mol. The molecule has 18 heavy (non-hydrogen) atoms. The van der Waals surface area contributed by atoms with E-state index in [-0.39, 0.29) is 0 Å². The van der Waals surface area contributed by atoms with Crippen molar-refractivity contribution < 1.29 is 4.74 Å². The zero-order chi connectivity index (χ0) is 13.0. The van der Waals surface area contributed by atoms with E-state index in [1.807, 2.05) is 31.2 Å². The molecule has 1 heterocycles. The molecule has 2 aromatic rings. The highest BCUT2D eigenvalue weighted by molar-refractivity contribution is 9.10. The lowest BCUT2D eigenvalue weighted by atomic mass is 10.2. The number of ether oxygens (including phenoxy) is 1. The van der Waals surface area contributed by atoms with Crippen molar-refractivity contribution in [3.63, 3.8) is 0 Å². The van der Waals surface area contributed by atoms with E-state index in [4.69, 9.17) is 10.5 Å². The smallest absolute Gasteiger partial charge is 0.222 e. The van der Waals surface area contributed by atoms with Crippen LogP contribution in [0.2, 0.25) is 0 Å². The van der Waals surface area contributed by atoms with E-state index in [1.165, 1.54) is 6.33 Å². The number of anilines is 1. The lowest BCUT2D eigenvalue weighted by molar-refractivity contribution is 0.290. The molecule has 0 fully saturated rings. The Morgan fingerprint density at radius 1 is 1.22 bits per heavy atom. The number of nitrogens with zero attached hydrogens (tertiary/aromatic N) is 2. The Morgan fingerprint density at radius 3 is 2.61 bits per heavy atom. The summed E-state index contributed by atoms with van der Waals surface area (Å²) in [6.45, 7) is 2.47. The number of halogens is 1. The van der Waals surface area contributed by atoms with Gasteiger partial charge in [0.05, 0.1) is 5.56 Å². The molecule has 0 bridgehead atoms. The van der Waals surface area contributed by atoms with Crippen molar-refractivity contribution >= 4 is 21.7 Å². The summed E-state index contributed by atoms with van der Waals surface area (Å²) in [4.78, 5) is 8.08. The van der Waals surface area contributed by atoms with Gasteiger partial charge >= 0.3 is 0 Å². The van der Waals surface area contributed by atoms with Gasteiger partial charge in [-0.15, -0.1) is 0 Å². The van der Waals surface area contributed by atoms with Gasteiger partial charge in [-0.2, -0.15) is 0 Å². The van der Waals surface area contributed by atoms with E-state index in [2.05, 4.69) is 25.9 Å². The van der Waals surface area contributed by atoms with E-state index >= 15 is 0 Å². The van der Waals surface area contributed by atoms with Crippen LogP contribution in [0.1, 0.15) is 18.1 Å². The van der Waals surface area contributed by atoms with Gasteiger partial charge in [0, 0.05) is 4.47 Å². The molecule has 0 aliphatic carbocycles. The maximum atomic E-state index is 5.78. The quantitative estimate of drug-likeness (QED) is 0.943. The highest BCUT2D eigenvalue weighted by atomic mass is 79.9. The number of benzene rings is 1. The van der Waals surface area contributed by atoms with Gasteiger partial charge in [0.25, 0.3) is 0 Å². The number of hydrogen-bond acceptors (Lipinski definition) is 4. The Balaban J connectivity index is 2.10. The predicted octanol–water partition coefficient (Wildman–Crippen LogP) is 2.96. The van der Waals surface area contributed by atoms with E-state index in [1.54, 1.807) is 0 Å². The van der Waals surface area contributed by atoms with Crippen molar-refractivity contribution in [2.45, 2.75) is 20.0 Å². The molecule has 2 rings (SSSR count). The summed E-state index contributed by atoms with van der Waals surface area (Å²) >= 11 is 3.40. The zero-order valence-corrected chi connectivity index (χ0v) is 11.6. The summed E-state index contributed by atoms with van der Waals surface area (Å²) in [5, 5.41) is 0. The fourth-order valence-electron chi connectivity index (χ4n) is 1.60. The fourth-order valence-corrected chi connectivity index (χ4v) is 1.86. The highest BCUT2D eigenvalue weighted by Crippen LogP contribution is 2.21. The van der Waals surface area contributed by atoms with Crippen LogP contribution in [0.5, 0.6) is 5.88 Å². The number of hydrogen-bond donors (Lipinski definition) is 1. The zero-order valence-electron chi connectivity index (χ0n) is 10.1. The third kappa shape index (κ3) is 2.98. The molecule has 2 N–H and O–H groups in total. The van der Waals surface area contributed by atoms with Crippen LogP contribution in [0, 0.1) is 0 Å². The predicted molar refractivity (Wildman–Crippen MR) is 74.3 cm³/mol. The average molecular weight is 308 g/mol. The summed E-state index contributed by atoms with van der Waals surface area (Å²) in [6, 6.07) is 7.96. The normalized spacial score (nSPS) is 10.3. The van der Waals surface area contributed by atoms with Crippen LogP contribution in [-0.4, -0.2) is 9.97 Å². The molecule has 94 valence electrons. The van der Waals surface area contributed by atoms with Crippen molar-refractivity contribution in [1.29, 1.82) is 0 Å². The van der Waals surface area contributed by atoms with Crippen LogP contribution in [0.4, 0.5) is 5.82 Å². The second kappa shape index (κ2) is 5.82. The Bertz CT molecular complexity index is 528. The Kier molecular flexibility index (Phi) is 4.15. The van der Waals surface area contributed by atoms with Gasteiger partial charge in [-0.25, -0.2) is 9.97 Å². The first-order chi connectivity index (χ1) is 8.70. The first kappa shape index (κ1) is 12.8. The van der Waals surface area contributed by atoms with Crippen molar-refractivity contribution in [3.05, 3.63) is 46.2 Å². The summed E-state index contributed by atoms with van der Waals surface area (Å²) < 4.78 is 6.74. The molecule has 0 aliphatic heterocycles. The third-order valence-corrected chi connectivity index (χ3v) is 3.11. The minimum absolute atomic E-state index is 0.469. The molecule has 4 nitrogen and oxygen atoms in total. The standard InChI is InChI=1S/C13H14BrN3O/c1-2-11-12(15)16-8-17-13(11)18-7-9-3-5-10(14)6-4-9/h3-6,8H,2,7H2,1H3,(H2,15,16,17). The van der Waals surface area contributed by atoms with Gasteiger partial charge < -0.3 is 10.5 Å². The van der Waals surface area contributed by atoms with Gasteiger partial charge in [0.1, 0.15) is 18.8 Å². The third-order valence-electron chi connectivity index (χ3n) is 2.58. The molecule has 0 radical (unpaired) electrons. The molecule has 1 aromatic carbocycles. The second-order valence-corrected chi connectivity index (χ2v) is 4.73. The molecule has 0 spiro atoms. The monoisotopic (exact) mass is 307 g/mol. The number of nitrogen functional groups attached to an aromatic ring is 1. The van der Waals surface area contributed by atoms with Crippen LogP contribution in [-0.2, 0) is 13.0 Å². The summed E-state index contributed by atoms with van der Waals surface area (Å²) in [6.07, 6.45) is 2.17. The molecule has 0 amide bonds. The number of aromatic nitrogens is 2. The summed E-state index contributed by atoms with van der Waals surface area (Å²) in [5.74, 6) is 1.05. The fraction of sp³-hybridized carbons (Fsp3) is 0.231. The SMILES string of the molecule is CCc1c(N)ncnc1OCc1ccc(Br)cc1. The number of nitrogens with two attached hydrogens (primary N) is 1. The van der Waals surface area contributed by atoms with Crippen LogP contribution >= 0.6 is 15.9 Å². The molecule has 0 atom stereocenters. The largest absolute Gasteiger partial charge is 0.472 e. The van der Waals surface area contributed by atoms with Gasteiger partial charge in [0.15, 0.2) is 0 Å². The lowest BCUT2D eigenvalue weighted by Gasteiger charge is -2.10. The minimum atomic E-state index is 0.469. The van der Waals surface area contributed by atoms with E-state index in [9.17, 15) is 0 Å². The Hall–Kier alpha value is -1.62. The topological polar surface area (TPSA) is 61.0 Å². The minimum Gasteiger partial charge on any atom is -0.472 e. The molecule has 0 saturated heterocycles. The van der Waals surface area contributed by atoms with E-state index < -0.39 is 0 Å². The molecule has 0 saturated carbocycles. The van der Waals surface area contributed by atoms with Gasteiger partial charge in [-0.05, 0) is 24.1 Å². The van der Waals surface area contributed by atoms with Gasteiger partial charge in [-0.3, -0.25) is 0 Å². The second-order valence-electron chi connectivity index (χ2n) is 3.81. The van der Waals surface area contributed by atoms with Crippen LogP contribution in [0.3, 0.4) is 0 Å². The van der Waals surface area contributed by atoms with Crippen molar-refractivity contribution in [2.75, 3.05) is 5.73 Å². The van der Waals surface area contributed by atoms with E-state index in [0.717, 1.165) is 22.0 Å². The molecule has 0 aliphatic rings. The Morgan fingerprint density at radius 2 is 1.94 bits per heavy atom. The van der Waals surface area contributed by atoms with Crippen molar-refractivity contribution in [1.82, 2.24) is 9.97 Å². The first-order valence-electron chi connectivity index (χ1n) is 5.67. The Labute approximate surface area is 114 Å². The molecular formula is C13H14BrN3O. The molecule has 5 heteroatoms. The average Bonchev–Trinajstić information content (AvgIpc) is 2.38. The van der Waals surface area contributed by atoms with Gasteiger partial charge in [0.2, 0.25) is 5.88 Å². The molecule has 1 aromatic heterocycles.